The molecule has 5 nitrogen and oxygen atoms in total. The minimum Gasteiger partial charge on any atom is -0.422 e. The summed E-state index contributed by atoms with van der Waals surface area (Å²) in [6.45, 7) is 4.33. The van der Waals surface area contributed by atoms with Gasteiger partial charge in [-0.25, -0.2) is 0 Å². The van der Waals surface area contributed by atoms with Crippen LogP contribution in [0.1, 0.15) is 88.6 Å². The van der Waals surface area contributed by atoms with Crippen molar-refractivity contribution in [3.05, 3.63) is 17.9 Å². The first-order valence-corrected chi connectivity index (χ1v) is 11.2. The minimum absolute atomic E-state index is 0.0450. The minimum atomic E-state index is -3.66. The monoisotopic (exact) mass is 372 g/mol. The zero-order chi connectivity index (χ0) is 18.7. The van der Waals surface area contributed by atoms with Crippen molar-refractivity contribution in [2.45, 2.75) is 78.1 Å². The first-order valence-electron chi connectivity index (χ1n) is 9.40. The molecule has 0 bridgehead atoms. The maximum Gasteiger partial charge on any atom is 0.308 e. The van der Waals surface area contributed by atoms with Gasteiger partial charge in [-0.3, -0.25) is 4.79 Å². The summed E-state index contributed by atoms with van der Waals surface area (Å²) in [5, 5.41) is 0. The quantitative estimate of drug-likeness (QED) is 0.250. The molecule has 0 unspecified atom stereocenters. The van der Waals surface area contributed by atoms with Gasteiger partial charge >= 0.3 is 16.1 Å². The maximum atomic E-state index is 12.8. The fourth-order valence-electron chi connectivity index (χ4n) is 2.89. The van der Waals surface area contributed by atoms with Crippen molar-refractivity contribution in [3.63, 3.8) is 0 Å². The van der Waals surface area contributed by atoms with E-state index in [1.165, 1.54) is 37.8 Å². The van der Waals surface area contributed by atoms with Crippen molar-refractivity contribution < 1.29 is 21.8 Å². The van der Waals surface area contributed by atoms with Crippen LogP contribution >= 0.6 is 0 Å². The van der Waals surface area contributed by atoms with Crippen LogP contribution in [0.4, 0.5) is 0 Å². The van der Waals surface area contributed by atoms with Crippen molar-refractivity contribution in [3.8, 4) is 5.95 Å². The van der Waals surface area contributed by atoms with Crippen LogP contribution in [0.3, 0.4) is 0 Å². The van der Waals surface area contributed by atoms with Gasteiger partial charge in [-0.05, 0) is 18.9 Å². The van der Waals surface area contributed by atoms with Gasteiger partial charge in [-0.15, -0.1) is 0 Å². The first-order chi connectivity index (χ1) is 11.9. The van der Waals surface area contributed by atoms with E-state index in [2.05, 4.69) is 13.8 Å². The molecule has 0 spiro atoms. The smallest absolute Gasteiger partial charge is 0.308 e. The van der Waals surface area contributed by atoms with Crippen molar-refractivity contribution in [2.75, 3.05) is 6.26 Å². The molecule has 0 atom stereocenters. The second-order valence-corrected chi connectivity index (χ2v) is 8.24. The molecule has 0 aromatic carbocycles. The van der Waals surface area contributed by atoms with E-state index in [0.29, 0.717) is 0 Å². The normalized spacial score (nSPS) is 11.8. The molecular weight excluding hydrogens is 340 g/mol. The highest BCUT2D eigenvalue weighted by Crippen LogP contribution is 2.26. The molecule has 144 valence electrons. The Labute approximate surface area is 152 Å². The van der Waals surface area contributed by atoms with Gasteiger partial charge in [0.15, 0.2) is 5.76 Å². The summed E-state index contributed by atoms with van der Waals surface area (Å²) in [4.78, 5) is 12.8. The average molecular weight is 373 g/mol. The highest BCUT2D eigenvalue weighted by Gasteiger charge is 2.23. The fourth-order valence-corrected chi connectivity index (χ4v) is 3.28. The van der Waals surface area contributed by atoms with E-state index in [1.54, 1.807) is 0 Å². The standard InChI is InChI=1S/C19H32O5S/c1-4-6-8-10-12-16(13-11-9-7-5-2)19(20)17-14-15-18(23-17)24-25(3,21)22/h14-16H,4-13H2,1-3H3. The highest BCUT2D eigenvalue weighted by molar-refractivity contribution is 7.86. The van der Waals surface area contributed by atoms with E-state index < -0.39 is 10.1 Å². The molecule has 0 saturated heterocycles. The van der Waals surface area contributed by atoms with Crippen molar-refractivity contribution in [1.82, 2.24) is 0 Å². The van der Waals surface area contributed by atoms with Crippen molar-refractivity contribution >= 4 is 15.9 Å². The number of carbonyl (C=O) groups is 1. The molecule has 0 aliphatic heterocycles. The lowest BCUT2D eigenvalue weighted by Gasteiger charge is -2.14. The van der Waals surface area contributed by atoms with Gasteiger partial charge in [0.25, 0.3) is 0 Å². The number of carbonyl (C=O) groups excluding carboxylic acids is 1. The molecule has 1 aromatic heterocycles. The summed E-state index contributed by atoms with van der Waals surface area (Å²) in [6, 6.07) is 2.90. The fraction of sp³-hybridized carbons (Fsp3) is 0.737. The van der Waals surface area contributed by atoms with Crippen molar-refractivity contribution in [2.24, 2.45) is 5.92 Å². The van der Waals surface area contributed by atoms with E-state index in [9.17, 15) is 13.2 Å². The molecule has 0 radical (unpaired) electrons. The van der Waals surface area contributed by atoms with E-state index >= 15 is 0 Å². The van der Waals surface area contributed by atoms with Gasteiger partial charge in [-0.2, -0.15) is 8.42 Å². The number of Topliss-reactive ketones (excluding diaryl/α,β-unsaturated/α-hetero) is 1. The van der Waals surface area contributed by atoms with Gasteiger partial charge in [0, 0.05) is 12.0 Å². The molecule has 0 aliphatic rings. The Kier molecular flexibility index (Phi) is 9.86. The van der Waals surface area contributed by atoms with Crippen LogP contribution in [0.2, 0.25) is 0 Å². The summed E-state index contributed by atoms with van der Waals surface area (Å²) in [5.74, 6) is -0.0708. The topological polar surface area (TPSA) is 73.6 Å². The van der Waals surface area contributed by atoms with Gasteiger partial charge in [0.05, 0.1) is 6.26 Å². The summed E-state index contributed by atoms with van der Waals surface area (Å²) in [5.41, 5.74) is 0. The Balaban J connectivity index is 2.68. The SMILES string of the molecule is CCCCCCC(CCCCCC)C(=O)c1ccc(OS(C)(=O)=O)o1. The van der Waals surface area contributed by atoms with E-state index in [1.807, 2.05) is 0 Å². The molecule has 0 amide bonds. The van der Waals surface area contributed by atoms with Crippen LogP contribution in [-0.4, -0.2) is 20.5 Å². The third-order valence-electron chi connectivity index (χ3n) is 4.24. The summed E-state index contributed by atoms with van der Waals surface area (Å²) < 4.78 is 32.3. The lowest BCUT2D eigenvalue weighted by atomic mass is 9.90. The second-order valence-electron chi connectivity index (χ2n) is 6.67. The van der Waals surface area contributed by atoms with E-state index in [4.69, 9.17) is 8.60 Å². The molecule has 0 N–H and O–H groups in total. The van der Waals surface area contributed by atoms with Crippen LogP contribution in [-0.2, 0) is 10.1 Å². The zero-order valence-corrected chi connectivity index (χ0v) is 16.6. The Morgan fingerprint density at radius 2 is 1.56 bits per heavy atom. The molecule has 25 heavy (non-hydrogen) atoms. The molecular formula is C19H32O5S. The van der Waals surface area contributed by atoms with Crippen LogP contribution in [0.5, 0.6) is 5.95 Å². The second kappa shape index (κ2) is 11.3. The molecule has 6 heteroatoms. The first kappa shape index (κ1) is 21.7. The number of ketones is 1. The highest BCUT2D eigenvalue weighted by atomic mass is 32.2. The van der Waals surface area contributed by atoms with Crippen LogP contribution in [0.25, 0.3) is 0 Å². The van der Waals surface area contributed by atoms with Crippen LogP contribution in [0, 0.1) is 5.92 Å². The molecule has 0 fully saturated rings. The van der Waals surface area contributed by atoms with Crippen LogP contribution < -0.4 is 4.18 Å². The summed E-state index contributed by atoms with van der Waals surface area (Å²) in [7, 11) is -3.66. The molecule has 0 aliphatic carbocycles. The van der Waals surface area contributed by atoms with Crippen LogP contribution in [0.15, 0.2) is 16.5 Å². The number of rotatable bonds is 14. The Morgan fingerprint density at radius 1 is 1.00 bits per heavy atom. The van der Waals surface area contributed by atoms with Gasteiger partial charge in [0.1, 0.15) is 0 Å². The third-order valence-corrected chi connectivity index (χ3v) is 4.71. The average Bonchev–Trinajstić information content (AvgIpc) is 2.99. The molecule has 1 heterocycles. The maximum absolute atomic E-state index is 12.8. The third kappa shape index (κ3) is 9.10. The van der Waals surface area contributed by atoms with E-state index in [-0.39, 0.29) is 23.4 Å². The lowest BCUT2D eigenvalue weighted by Crippen LogP contribution is -2.14. The number of furan rings is 1. The van der Waals surface area contributed by atoms with Gasteiger partial charge < -0.3 is 8.60 Å². The number of hydrogen-bond donors (Lipinski definition) is 0. The van der Waals surface area contributed by atoms with Gasteiger partial charge in [0.2, 0.25) is 5.78 Å². The Morgan fingerprint density at radius 3 is 2.04 bits per heavy atom. The van der Waals surface area contributed by atoms with E-state index in [0.717, 1.165) is 44.8 Å². The van der Waals surface area contributed by atoms with Gasteiger partial charge in [-0.1, -0.05) is 65.2 Å². The predicted octanol–water partition coefficient (Wildman–Crippen LogP) is 5.36. The predicted molar refractivity (Wildman–Crippen MR) is 99.5 cm³/mol. The Hall–Kier alpha value is -1.30. The summed E-state index contributed by atoms with van der Waals surface area (Å²) in [6.07, 6.45) is 11.7. The molecule has 1 rings (SSSR count). The summed E-state index contributed by atoms with van der Waals surface area (Å²) >= 11 is 0. The number of hydrogen-bond acceptors (Lipinski definition) is 5. The zero-order valence-electron chi connectivity index (χ0n) is 15.8. The number of unbranched alkanes of at least 4 members (excludes halogenated alkanes) is 6. The Bertz CT molecular complexity index is 591. The molecule has 1 aromatic rings. The lowest BCUT2D eigenvalue weighted by molar-refractivity contribution is 0.0869. The largest absolute Gasteiger partial charge is 0.422 e. The van der Waals surface area contributed by atoms with Crippen molar-refractivity contribution in [1.29, 1.82) is 0 Å². The molecule has 0 saturated carbocycles.